The highest BCUT2D eigenvalue weighted by Crippen LogP contribution is 2.09. The Morgan fingerprint density at radius 2 is 2.12 bits per heavy atom. The third kappa shape index (κ3) is 4.14. The summed E-state index contributed by atoms with van der Waals surface area (Å²) < 4.78 is 1.48. The summed E-state index contributed by atoms with van der Waals surface area (Å²) >= 11 is 0. The molecular formula is C15H14N8O3. The number of benzene rings is 1. The first-order chi connectivity index (χ1) is 12.6. The van der Waals surface area contributed by atoms with Gasteiger partial charge in [-0.25, -0.2) is 19.4 Å². The maximum absolute atomic E-state index is 10.6. The molecule has 132 valence electrons. The van der Waals surface area contributed by atoms with Gasteiger partial charge in [-0.15, -0.1) is 5.10 Å². The molecule has 0 radical (unpaired) electrons. The number of carboxylic acid groups (broad SMARTS) is 1. The maximum atomic E-state index is 10.6. The molecular weight excluding hydrogens is 340 g/mol. The van der Waals surface area contributed by atoms with Crippen molar-refractivity contribution in [3.05, 3.63) is 59.7 Å². The van der Waals surface area contributed by atoms with Crippen LogP contribution in [0, 0.1) is 0 Å². The lowest BCUT2D eigenvalue weighted by molar-refractivity contribution is 0.128. The summed E-state index contributed by atoms with van der Waals surface area (Å²) in [7, 11) is 1.70. The topological polar surface area (TPSA) is 140 Å². The number of carbonyl (C=O) groups is 1. The largest absolute Gasteiger partial charge is 0.465 e. The van der Waals surface area contributed by atoms with Gasteiger partial charge < -0.3 is 9.94 Å². The number of aromatic nitrogens is 6. The molecule has 0 saturated heterocycles. The molecule has 3 rings (SSSR count). The third-order valence-corrected chi connectivity index (χ3v) is 3.18. The zero-order chi connectivity index (χ0) is 18.4. The quantitative estimate of drug-likeness (QED) is 0.494. The number of hydrogen-bond donors (Lipinski definition) is 2. The van der Waals surface area contributed by atoms with Gasteiger partial charge in [0.05, 0.1) is 5.69 Å². The Morgan fingerprint density at radius 1 is 1.31 bits per heavy atom. The fourth-order valence-electron chi connectivity index (χ4n) is 2.04. The van der Waals surface area contributed by atoms with E-state index in [-0.39, 0.29) is 12.6 Å². The summed E-state index contributed by atoms with van der Waals surface area (Å²) in [4.78, 5) is 23.8. The zero-order valence-corrected chi connectivity index (χ0v) is 13.6. The number of amides is 1. The van der Waals surface area contributed by atoms with Gasteiger partial charge in [0.15, 0.2) is 12.3 Å². The summed E-state index contributed by atoms with van der Waals surface area (Å²) in [6.45, 7) is 0.0123. The third-order valence-electron chi connectivity index (χ3n) is 3.18. The highest BCUT2D eigenvalue weighted by molar-refractivity contribution is 6.10. The van der Waals surface area contributed by atoms with Crippen LogP contribution < -0.4 is 5.32 Å². The lowest BCUT2D eigenvalue weighted by atomic mass is 10.1. The van der Waals surface area contributed by atoms with Gasteiger partial charge in [0.25, 0.3) is 0 Å². The van der Waals surface area contributed by atoms with E-state index in [0.717, 1.165) is 5.56 Å². The lowest BCUT2D eigenvalue weighted by Gasteiger charge is -2.06. The minimum absolute atomic E-state index is 0.0123. The Kier molecular flexibility index (Phi) is 5.08. The van der Waals surface area contributed by atoms with Crippen LogP contribution >= 0.6 is 0 Å². The molecule has 3 aromatic rings. The fourth-order valence-corrected chi connectivity index (χ4v) is 2.04. The Bertz CT molecular complexity index is 925. The van der Waals surface area contributed by atoms with Crippen LogP contribution in [0.25, 0.3) is 0 Å². The van der Waals surface area contributed by atoms with Crippen molar-refractivity contribution in [3.63, 3.8) is 0 Å². The molecule has 0 aliphatic carbocycles. The summed E-state index contributed by atoms with van der Waals surface area (Å²) in [5.41, 5.74) is 1.69. The van der Waals surface area contributed by atoms with Crippen molar-refractivity contribution in [2.24, 2.45) is 12.2 Å². The first-order valence-corrected chi connectivity index (χ1v) is 7.43. The number of rotatable bonds is 6. The molecule has 11 heteroatoms. The second kappa shape index (κ2) is 7.79. The minimum Gasteiger partial charge on any atom is -0.465 e. The van der Waals surface area contributed by atoms with Gasteiger partial charge in [-0.05, 0) is 16.5 Å². The summed E-state index contributed by atoms with van der Waals surface area (Å²) in [5.74, 6) is 0.399. The summed E-state index contributed by atoms with van der Waals surface area (Å²) in [5, 5.41) is 26.3. The summed E-state index contributed by atoms with van der Waals surface area (Å²) in [6.07, 6.45) is 0.174. The van der Waals surface area contributed by atoms with E-state index in [1.165, 1.54) is 10.9 Å². The molecule has 2 heterocycles. The van der Waals surface area contributed by atoms with Crippen LogP contribution in [0.3, 0.4) is 0 Å². The van der Waals surface area contributed by atoms with Crippen molar-refractivity contribution in [1.82, 2.24) is 30.2 Å². The van der Waals surface area contributed by atoms with Gasteiger partial charge in [0.1, 0.15) is 0 Å². The lowest BCUT2D eigenvalue weighted by Crippen LogP contribution is -2.12. The summed E-state index contributed by atoms with van der Waals surface area (Å²) in [6, 6.07) is 10.9. The van der Waals surface area contributed by atoms with E-state index in [2.05, 4.69) is 36.0 Å². The number of nitrogens with zero attached hydrogens (tertiary/aromatic N) is 7. The van der Waals surface area contributed by atoms with Crippen molar-refractivity contribution in [2.75, 3.05) is 5.32 Å². The Balaban J connectivity index is 1.80. The Morgan fingerprint density at radius 3 is 2.81 bits per heavy atom. The van der Waals surface area contributed by atoms with Gasteiger partial charge in [0, 0.05) is 18.8 Å². The van der Waals surface area contributed by atoms with Gasteiger partial charge >= 0.3 is 6.09 Å². The van der Waals surface area contributed by atoms with Crippen molar-refractivity contribution in [1.29, 1.82) is 0 Å². The van der Waals surface area contributed by atoms with E-state index in [0.29, 0.717) is 17.2 Å². The zero-order valence-electron chi connectivity index (χ0n) is 13.6. The van der Waals surface area contributed by atoms with Crippen LogP contribution in [-0.4, -0.2) is 47.1 Å². The minimum atomic E-state index is -1.25. The molecule has 0 fully saturated rings. The number of tetrazole rings is 1. The van der Waals surface area contributed by atoms with E-state index in [1.54, 1.807) is 13.1 Å². The van der Waals surface area contributed by atoms with Crippen molar-refractivity contribution in [3.8, 4) is 0 Å². The number of anilines is 1. The number of aryl methyl sites for hydroxylation is 1. The smallest absolute Gasteiger partial charge is 0.411 e. The SMILES string of the molecule is Cn1nnnc1C(=NOCc1ccnc(NC(=O)O)n1)c1ccccc1. The van der Waals surface area contributed by atoms with Gasteiger partial charge in [-0.1, -0.05) is 35.5 Å². The van der Waals surface area contributed by atoms with Gasteiger partial charge in [-0.2, -0.15) is 0 Å². The Labute approximate surface area is 147 Å². The molecule has 0 aliphatic rings. The molecule has 1 amide bonds. The second-order valence-electron chi connectivity index (χ2n) is 5.01. The molecule has 0 aliphatic heterocycles. The molecule has 0 atom stereocenters. The van der Waals surface area contributed by atoms with Crippen molar-refractivity contribution in [2.45, 2.75) is 6.61 Å². The van der Waals surface area contributed by atoms with E-state index in [4.69, 9.17) is 9.94 Å². The first-order valence-electron chi connectivity index (χ1n) is 7.43. The standard InChI is InChI=1S/C15H14N8O3/c1-23-13(19-21-22-23)12(10-5-3-2-4-6-10)20-26-9-11-7-8-16-14(17-11)18-15(24)25/h2-8H,9H2,1H3,(H,24,25)(H,16,17,18). The van der Waals surface area contributed by atoms with Crippen molar-refractivity contribution < 1.29 is 14.7 Å². The molecule has 0 saturated carbocycles. The molecule has 0 unspecified atom stereocenters. The molecule has 2 N–H and O–H groups in total. The van der Waals surface area contributed by atoms with E-state index >= 15 is 0 Å². The maximum Gasteiger partial charge on any atom is 0.411 e. The highest BCUT2D eigenvalue weighted by Gasteiger charge is 2.14. The Hall–Kier alpha value is -3.89. The number of oxime groups is 1. The van der Waals surface area contributed by atoms with E-state index in [1.807, 2.05) is 30.3 Å². The van der Waals surface area contributed by atoms with Crippen LogP contribution in [0.5, 0.6) is 0 Å². The molecule has 0 spiro atoms. The van der Waals surface area contributed by atoms with Crippen LogP contribution in [0.4, 0.5) is 10.7 Å². The predicted molar refractivity (Wildman–Crippen MR) is 89.3 cm³/mol. The molecule has 1 aromatic carbocycles. The number of nitrogens with one attached hydrogen (secondary N) is 1. The molecule has 26 heavy (non-hydrogen) atoms. The van der Waals surface area contributed by atoms with E-state index < -0.39 is 6.09 Å². The van der Waals surface area contributed by atoms with Crippen LogP contribution in [-0.2, 0) is 18.5 Å². The molecule has 2 aromatic heterocycles. The van der Waals surface area contributed by atoms with Gasteiger partial charge in [-0.3, -0.25) is 5.32 Å². The van der Waals surface area contributed by atoms with Crippen molar-refractivity contribution >= 4 is 17.8 Å². The van der Waals surface area contributed by atoms with Gasteiger partial charge in [0.2, 0.25) is 11.8 Å². The first kappa shape index (κ1) is 17.0. The molecule has 11 nitrogen and oxygen atoms in total. The average molecular weight is 354 g/mol. The fraction of sp³-hybridized carbons (Fsp3) is 0.133. The van der Waals surface area contributed by atoms with Crippen LogP contribution in [0.15, 0.2) is 47.8 Å². The molecule has 0 bridgehead atoms. The highest BCUT2D eigenvalue weighted by atomic mass is 16.6. The number of hydrogen-bond acceptors (Lipinski definition) is 8. The van der Waals surface area contributed by atoms with E-state index in [9.17, 15) is 4.79 Å². The monoisotopic (exact) mass is 354 g/mol. The van der Waals surface area contributed by atoms with Crippen LogP contribution in [0.2, 0.25) is 0 Å². The van der Waals surface area contributed by atoms with Crippen LogP contribution in [0.1, 0.15) is 17.1 Å². The normalized spacial score (nSPS) is 11.2. The predicted octanol–water partition coefficient (Wildman–Crippen LogP) is 1.06. The average Bonchev–Trinajstić information content (AvgIpc) is 3.05. The second-order valence-corrected chi connectivity index (χ2v) is 5.01.